The molecule has 0 radical (unpaired) electrons. The summed E-state index contributed by atoms with van der Waals surface area (Å²) in [4.78, 5) is 11.2. The van der Waals surface area contributed by atoms with Crippen LogP contribution in [0.3, 0.4) is 0 Å². The van der Waals surface area contributed by atoms with E-state index in [1.807, 2.05) is 0 Å². The molecule has 0 aromatic rings. The molecule has 0 unspecified atom stereocenters. The molecule has 1 aliphatic rings. The SMILES string of the molecule is COC(=O)[C@@H]1CN(S(=O)(=O)Cl)C[C@H]1C. The lowest BCUT2D eigenvalue weighted by Crippen LogP contribution is -2.26. The fourth-order valence-electron chi connectivity index (χ4n) is 1.56. The Labute approximate surface area is 87.5 Å². The molecule has 0 bridgehead atoms. The minimum absolute atomic E-state index is 0.0593. The number of carbonyl (C=O) groups is 1. The summed E-state index contributed by atoms with van der Waals surface area (Å²) in [6.45, 7) is 2.18. The summed E-state index contributed by atoms with van der Waals surface area (Å²) >= 11 is 0. The van der Waals surface area contributed by atoms with Crippen molar-refractivity contribution in [1.29, 1.82) is 0 Å². The van der Waals surface area contributed by atoms with Crippen molar-refractivity contribution in [1.82, 2.24) is 4.31 Å². The van der Waals surface area contributed by atoms with E-state index in [-0.39, 0.29) is 25.0 Å². The van der Waals surface area contributed by atoms with E-state index in [2.05, 4.69) is 4.74 Å². The van der Waals surface area contributed by atoms with E-state index in [4.69, 9.17) is 10.7 Å². The van der Waals surface area contributed by atoms with Gasteiger partial charge >= 0.3 is 5.97 Å². The minimum Gasteiger partial charge on any atom is -0.469 e. The first-order valence-electron chi connectivity index (χ1n) is 4.14. The van der Waals surface area contributed by atoms with Crippen molar-refractivity contribution >= 4 is 25.9 Å². The fourth-order valence-corrected chi connectivity index (χ4v) is 2.65. The molecule has 1 rings (SSSR count). The predicted octanol–water partition coefficient (Wildman–Crippen LogP) is 0.211. The predicted molar refractivity (Wildman–Crippen MR) is 51.0 cm³/mol. The Morgan fingerprint density at radius 3 is 2.43 bits per heavy atom. The number of nitrogens with zero attached hydrogens (tertiary/aromatic N) is 1. The average Bonchev–Trinajstić information content (AvgIpc) is 2.45. The fraction of sp³-hybridized carbons (Fsp3) is 0.857. The van der Waals surface area contributed by atoms with Gasteiger partial charge in [0.15, 0.2) is 0 Å². The third kappa shape index (κ3) is 2.37. The third-order valence-corrected chi connectivity index (χ3v) is 3.89. The van der Waals surface area contributed by atoms with Crippen LogP contribution >= 0.6 is 10.7 Å². The summed E-state index contributed by atoms with van der Waals surface area (Å²) in [7, 11) is 2.74. The normalized spacial score (nSPS) is 29.1. The molecule has 1 heterocycles. The Kier molecular flexibility index (Phi) is 3.39. The van der Waals surface area contributed by atoms with Crippen LogP contribution in [0.4, 0.5) is 0 Å². The van der Waals surface area contributed by atoms with Gasteiger partial charge in [-0.25, -0.2) is 0 Å². The van der Waals surface area contributed by atoms with Gasteiger partial charge in [-0.1, -0.05) is 6.92 Å². The van der Waals surface area contributed by atoms with Crippen molar-refractivity contribution < 1.29 is 17.9 Å². The number of esters is 1. The highest BCUT2D eigenvalue weighted by molar-refractivity contribution is 8.11. The first-order valence-corrected chi connectivity index (χ1v) is 6.40. The van der Waals surface area contributed by atoms with Crippen LogP contribution in [-0.4, -0.2) is 38.9 Å². The lowest BCUT2D eigenvalue weighted by molar-refractivity contribution is -0.145. The first kappa shape index (κ1) is 11.7. The van der Waals surface area contributed by atoms with Crippen molar-refractivity contribution in [2.24, 2.45) is 11.8 Å². The highest BCUT2D eigenvalue weighted by Crippen LogP contribution is 2.27. The van der Waals surface area contributed by atoms with E-state index >= 15 is 0 Å². The van der Waals surface area contributed by atoms with Gasteiger partial charge in [-0.15, -0.1) is 0 Å². The van der Waals surface area contributed by atoms with Crippen molar-refractivity contribution in [3.63, 3.8) is 0 Å². The van der Waals surface area contributed by atoms with Crippen LogP contribution in [0.25, 0.3) is 0 Å². The van der Waals surface area contributed by atoms with Crippen molar-refractivity contribution in [2.75, 3.05) is 20.2 Å². The number of halogens is 1. The highest BCUT2D eigenvalue weighted by Gasteiger charge is 2.39. The third-order valence-electron chi connectivity index (χ3n) is 2.39. The summed E-state index contributed by atoms with van der Waals surface area (Å²) < 4.78 is 27.6. The summed E-state index contributed by atoms with van der Waals surface area (Å²) in [5.41, 5.74) is 0. The van der Waals surface area contributed by atoms with Crippen LogP contribution < -0.4 is 0 Å². The average molecular weight is 242 g/mol. The molecule has 0 amide bonds. The number of rotatable bonds is 2. The zero-order valence-electron chi connectivity index (χ0n) is 7.94. The lowest BCUT2D eigenvalue weighted by Gasteiger charge is -2.10. The lowest BCUT2D eigenvalue weighted by atomic mass is 9.99. The van der Waals surface area contributed by atoms with E-state index in [9.17, 15) is 13.2 Å². The molecule has 0 aromatic heterocycles. The second kappa shape index (κ2) is 4.04. The Morgan fingerprint density at radius 1 is 1.50 bits per heavy atom. The van der Waals surface area contributed by atoms with E-state index in [0.717, 1.165) is 4.31 Å². The number of hydrogen-bond donors (Lipinski definition) is 0. The largest absolute Gasteiger partial charge is 0.469 e. The maximum absolute atomic E-state index is 11.2. The van der Waals surface area contributed by atoms with Crippen LogP contribution in [0.1, 0.15) is 6.92 Å². The molecule has 0 N–H and O–H groups in total. The van der Waals surface area contributed by atoms with Gasteiger partial charge in [0.05, 0.1) is 13.0 Å². The van der Waals surface area contributed by atoms with Gasteiger partial charge in [-0.3, -0.25) is 4.79 Å². The molecule has 14 heavy (non-hydrogen) atoms. The Hall–Kier alpha value is -0.330. The van der Waals surface area contributed by atoms with Crippen LogP contribution in [0.5, 0.6) is 0 Å². The van der Waals surface area contributed by atoms with Crippen molar-refractivity contribution in [3.05, 3.63) is 0 Å². The zero-order valence-corrected chi connectivity index (χ0v) is 9.51. The molecular weight excluding hydrogens is 230 g/mol. The second-order valence-corrected chi connectivity index (χ2v) is 5.88. The number of hydrogen-bond acceptors (Lipinski definition) is 4. The minimum atomic E-state index is -3.71. The molecule has 0 aliphatic carbocycles. The molecule has 0 spiro atoms. The molecular formula is C7H12ClNO4S. The van der Waals surface area contributed by atoms with Crippen LogP contribution in [0.15, 0.2) is 0 Å². The quantitative estimate of drug-likeness (QED) is 0.512. The number of methoxy groups -OCH3 is 1. The van der Waals surface area contributed by atoms with Gasteiger partial charge in [0.2, 0.25) is 0 Å². The molecule has 1 fully saturated rings. The molecule has 1 saturated heterocycles. The zero-order chi connectivity index (χ0) is 10.9. The summed E-state index contributed by atoms with van der Waals surface area (Å²) in [5, 5.41) is 0. The Balaban J connectivity index is 2.75. The monoisotopic (exact) mass is 241 g/mol. The molecule has 7 heteroatoms. The number of carbonyl (C=O) groups excluding carboxylic acids is 1. The van der Waals surface area contributed by atoms with Gasteiger partial charge in [0, 0.05) is 23.8 Å². The van der Waals surface area contributed by atoms with Crippen LogP contribution in [0, 0.1) is 11.8 Å². The van der Waals surface area contributed by atoms with Gasteiger partial charge in [0.1, 0.15) is 0 Å². The summed E-state index contributed by atoms with van der Waals surface area (Å²) in [6.07, 6.45) is 0. The first-order chi connectivity index (χ1) is 6.36. The Bertz CT molecular complexity index is 329. The van der Waals surface area contributed by atoms with Crippen molar-refractivity contribution in [3.8, 4) is 0 Å². The summed E-state index contributed by atoms with van der Waals surface area (Å²) in [6, 6.07) is 0. The van der Waals surface area contributed by atoms with Crippen LogP contribution in [-0.2, 0) is 18.8 Å². The smallest absolute Gasteiger partial charge is 0.310 e. The molecule has 1 aliphatic heterocycles. The topological polar surface area (TPSA) is 63.7 Å². The Morgan fingerprint density at radius 2 is 2.07 bits per heavy atom. The van der Waals surface area contributed by atoms with Crippen LogP contribution in [0.2, 0.25) is 0 Å². The van der Waals surface area contributed by atoms with Gasteiger partial charge in [-0.2, -0.15) is 12.7 Å². The summed E-state index contributed by atoms with van der Waals surface area (Å²) in [5.74, 6) is -0.857. The highest BCUT2D eigenvalue weighted by atomic mass is 35.7. The standard InChI is InChI=1S/C7H12ClNO4S/c1-5-3-9(14(8,11)12)4-6(5)7(10)13-2/h5-6H,3-4H2,1-2H3/t5-,6-/m1/s1. The van der Waals surface area contributed by atoms with Gasteiger partial charge < -0.3 is 4.74 Å². The molecule has 82 valence electrons. The molecule has 0 saturated carbocycles. The van der Waals surface area contributed by atoms with E-state index in [0.29, 0.717) is 0 Å². The second-order valence-electron chi connectivity index (χ2n) is 3.37. The molecule has 5 nitrogen and oxygen atoms in total. The van der Waals surface area contributed by atoms with Crippen molar-refractivity contribution in [2.45, 2.75) is 6.92 Å². The van der Waals surface area contributed by atoms with Gasteiger partial charge in [0.25, 0.3) is 9.24 Å². The van der Waals surface area contributed by atoms with E-state index in [1.165, 1.54) is 7.11 Å². The number of ether oxygens (including phenoxy) is 1. The molecule has 2 atom stereocenters. The van der Waals surface area contributed by atoms with E-state index in [1.54, 1.807) is 6.92 Å². The van der Waals surface area contributed by atoms with E-state index < -0.39 is 15.2 Å². The maximum Gasteiger partial charge on any atom is 0.310 e. The maximum atomic E-state index is 11.2. The molecule has 0 aromatic carbocycles. The van der Waals surface area contributed by atoms with Gasteiger partial charge in [-0.05, 0) is 5.92 Å².